The normalized spacial score (nSPS) is 15.7. The molecule has 5 rings (SSSR count). The molecule has 0 saturated heterocycles. The van der Waals surface area contributed by atoms with Crippen molar-refractivity contribution in [2.75, 3.05) is 5.32 Å². The second kappa shape index (κ2) is 7.76. The van der Waals surface area contributed by atoms with Crippen LogP contribution in [-0.4, -0.2) is 10.8 Å². The van der Waals surface area contributed by atoms with Gasteiger partial charge in [0.05, 0.1) is 28.5 Å². The number of nitrogens with one attached hydrogen (secondary N) is 1. The molecule has 2 N–H and O–H groups in total. The summed E-state index contributed by atoms with van der Waals surface area (Å²) < 4.78 is 5.48. The Labute approximate surface area is 187 Å². The number of nitrogens with zero attached hydrogens (tertiary/aromatic N) is 1. The summed E-state index contributed by atoms with van der Waals surface area (Å²) in [6.45, 7) is 0. The predicted octanol–water partition coefficient (Wildman–Crippen LogP) is 6.48. The Morgan fingerprint density at radius 3 is 2.55 bits per heavy atom. The molecular weight excluding hydrogens is 435 g/mol. The van der Waals surface area contributed by atoms with Gasteiger partial charge < -0.3 is 14.8 Å². The highest BCUT2D eigenvalue weighted by molar-refractivity contribution is 6.31. The third-order valence-corrected chi connectivity index (χ3v) is 5.78. The van der Waals surface area contributed by atoms with Gasteiger partial charge in [0, 0.05) is 16.5 Å². The number of hydrogen-bond donors (Lipinski definition) is 2. The van der Waals surface area contributed by atoms with E-state index in [2.05, 4.69) is 5.32 Å². The molecule has 0 aliphatic carbocycles. The Kier molecular flexibility index (Phi) is 4.93. The van der Waals surface area contributed by atoms with Gasteiger partial charge in [-0.3, -0.25) is 4.99 Å². The zero-order chi connectivity index (χ0) is 21.5. The first-order valence-electron chi connectivity index (χ1n) is 9.64. The summed E-state index contributed by atoms with van der Waals surface area (Å²) in [6, 6.07) is 19.4. The predicted molar refractivity (Wildman–Crippen MR) is 124 cm³/mol. The number of aliphatic imine (C=N–C) groups is 1. The van der Waals surface area contributed by atoms with Gasteiger partial charge in [0.2, 0.25) is 0 Å². The average Bonchev–Trinajstić information content (AvgIpc) is 2.93. The van der Waals surface area contributed by atoms with Gasteiger partial charge in [-0.25, -0.2) is 4.79 Å². The van der Waals surface area contributed by atoms with Crippen LogP contribution >= 0.6 is 23.2 Å². The maximum atomic E-state index is 12.9. The molecule has 0 saturated carbocycles. The molecule has 0 radical (unpaired) electrons. The molecule has 3 aromatic carbocycles. The van der Waals surface area contributed by atoms with Crippen molar-refractivity contribution in [2.45, 2.75) is 12.5 Å². The van der Waals surface area contributed by atoms with Crippen LogP contribution in [0.1, 0.15) is 23.6 Å². The molecule has 0 bridgehead atoms. The average molecular weight is 451 g/mol. The summed E-state index contributed by atoms with van der Waals surface area (Å²) in [5, 5.41) is 16.0. The van der Waals surface area contributed by atoms with Crippen LogP contribution in [0.2, 0.25) is 10.0 Å². The molecule has 1 aliphatic heterocycles. The standard InChI is InChI=1S/C24H16Cl2N2O3/c25-14-7-5-13(6-8-14)18-12-20(28-19-11-15(26)9-10-17(19)27-18)22-23(29)16-3-1-2-4-21(16)31-24(22)30/h1-11,18,27,29H,12H2. The lowest BCUT2D eigenvalue weighted by Crippen LogP contribution is -2.19. The topological polar surface area (TPSA) is 74.8 Å². The van der Waals surface area contributed by atoms with Crippen molar-refractivity contribution in [3.8, 4) is 5.75 Å². The van der Waals surface area contributed by atoms with Gasteiger partial charge in [-0.2, -0.15) is 0 Å². The minimum Gasteiger partial charge on any atom is -0.506 e. The summed E-state index contributed by atoms with van der Waals surface area (Å²) in [5.41, 5.74) is 2.44. The maximum Gasteiger partial charge on any atom is 0.349 e. The van der Waals surface area contributed by atoms with Crippen LogP contribution in [0.4, 0.5) is 11.4 Å². The summed E-state index contributed by atoms with van der Waals surface area (Å²) in [7, 11) is 0. The maximum absolute atomic E-state index is 12.9. The molecule has 4 aromatic rings. The van der Waals surface area contributed by atoms with E-state index < -0.39 is 5.63 Å². The lowest BCUT2D eigenvalue weighted by atomic mass is 9.97. The summed E-state index contributed by atoms with van der Waals surface area (Å²) in [6.07, 6.45) is 0.338. The zero-order valence-electron chi connectivity index (χ0n) is 16.1. The number of hydrogen-bond acceptors (Lipinski definition) is 5. The van der Waals surface area contributed by atoms with Gasteiger partial charge in [-0.1, -0.05) is 47.5 Å². The number of fused-ring (bicyclic) bond motifs is 2. The molecule has 154 valence electrons. The van der Waals surface area contributed by atoms with E-state index in [-0.39, 0.29) is 17.4 Å². The van der Waals surface area contributed by atoms with E-state index in [0.717, 1.165) is 11.3 Å². The molecule has 7 heteroatoms. The Hall–Kier alpha value is -3.28. The molecule has 1 aliphatic rings. The van der Waals surface area contributed by atoms with Crippen LogP contribution in [-0.2, 0) is 0 Å². The highest BCUT2D eigenvalue weighted by Crippen LogP contribution is 2.38. The summed E-state index contributed by atoms with van der Waals surface area (Å²) in [5.74, 6) is -0.147. The van der Waals surface area contributed by atoms with Crippen LogP contribution in [0.3, 0.4) is 0 Å². The molecule has 1 unspecified atom stereocenters. The molecular formula is C24H16Cl2N2O3. The SMILES string of the molecule is O=c1oc2ccccc2c(O)c1C1=Nc2cc(Cl)ccc2NC(c2ccc(Cl)cc2)C1. The number of para-hydroxylation sites is 1. The molecule has 1 atom stereocenters. The minimum absolute atomic E-state index is 0.0484. The van der Waals surface area contributed by atoms with Crippen LogP contribution in [0.5, 0.6) is 5.75 Å². The number of benzene rings is 3. The van der Waals surface area contributed by atoms with Crippen molar-refractivity contribution in [1.82, 2.24) is 0 Å². The van der Waals surface area contributed by atoms with Crippen molar-refractivity contribution in [3.63, 3.8) is 0 Å². The summed E-state index contributed by atoms with van der Waals surface area (Å²) in [4.78, 5) is 17.6. The van der Waals surface area contributed by atoms with E-state index in [1.165, 1.54) is 0 Å². The zero-order valence-corrected chi connectivity index (χ0v) is 17.6. The van der Waals surface area contributed by atoms with Crippen LogP contribution < -0.4 is 10.9 Å². The van der Waals surface area contributed by atoms with Gasteiger partial charge >= 0.3 is 5.63 Å². The number of anilines is 1. The minimum atomic E-state index is -0.643. The fraction of sp³-hybridized carbons (Fsp3) is 0.0833. The lowest BCUT2D eigenvalue weighted by molar-refractivity contribution is 0.466. The van der Waals surface area contributed by atoms with Crippen molar-refractivity contribution < 1.29 is 9.52 Å². The monoisotopic (exact) mass is 450 g/mol. The first-order valence-corrected chi connectivity index (χ1v) is 10.4. The number of rotatable bonds is 2. The number of aromatic hydroxyl groups is 1. The fourth-order valence-corrected chi connectivity index (χ4v) is 4.08. The Bertz CT molecular complexity index is 1390. The summed E-state index contributed by atoms with van der Waals surface area (Å²) >= 11 is 12.3. The third-order valence-electron chi connectivity index (χ3n) is 5.29. The molecule has 31 heavy (non-hydrogen) atoms. The second-order valence-corrected chi connectivity index (χ2v) is 8.15. The lowest BCUT2D eigenvalue weighted by Gasteiger charge is -2.19. The fourth-order valence-electron chi connectivity index (χ4n) is 3.78. The van der Waals surface area contributed by atoms with Crippen LogP contribution in [0.25, 0.3) is 11.0 Å². The quantitative estimate of drug-likeness (QED) is 0.342. The smallest absolute Gasteiger partial charge is 0.349 e. The highest BCUT2D eigenvalue weighted by Gasteiger charge is 2.26. The van der Waals surface area contributed by atoms with Gasteiger partial charge in [0.25, 0.3) is 0 Å². The number of halogens is 2. The van der Waals surface area contributed by atoms with E-state index >= 15 is 0 Å². The van der Waals surface area contributed by atoms with E-state index in [0.29, 0.717) is 38.8 Å². The van der Waals surface area contributed by atoms with Crippen molar-refractivity contribution in [1.29, 1.82) is 0 Å². The van der Waals surface area contributed by atoms with Crippen molar-refractivity contribution >= 4 is 51.3 Å². The van der Waals surface area contributed by atoms with Gasteiger partial charge in [0.15, 0.2) is 0 Å². The second-order valence-electron chi connectivity index (χ2n) is 7.28. The first-order chi connectivity index (χ1) is 15.0. The van der Waals surface area contributed by atoms with E-state index in [1.54, 1.807) is 36.4 Å². The first kappa shape index (κ1) is 19.7. The Balaban J connectivity index is 1.72. The molecule has 0 spiro atoms. The Morgan fingerprint density at radius 1 is 1.00 bits per heavy atom. The third kappa shape index (κ3) is 3.67. The molecule has 5 nitrogen and oxygen atoms in total. The molecule has 2 heterocycles. The van der Waals surface area contributed by atoms with E-state index in [9.17, 15) is 9.90 Å². The van der Waals surface area contributed by atoms with Crippen LogP contribution in [0.15, 0.2) is 80.9 Å². The molecule has 0 fully saturated rings. The van der Waals surface area contributed by atoms with E-state index in [1.807, 2.05) is 30.3 Å². The Morgan fingerprint density at radius 2 is 1.74 bits per heavy atom. The van der Waals surface area contributed by atoms with Gasteiger partial charge in [0.1, 0.15) is 16.9 Å². The van der Waals surface area contributed by atoms with E-state index in [4.69, 9.17) is 32.6 Å². The van der Waals surface area contributed by atoms with Crippen molar-refractivity contribution in [2.24, 2.45) is 4.99 Å². The largest absolute Gasteiger partial charge is 0.506 e. The van der Waals surface area contributed by atoms with Gasteiger partial charge in [-0.15, -0.1) is 0 Å². The molecule has 0 amide bonds. The van der Waals surface area contributed by atoms with Gasteiger partial charge in [-0.05, 0) is 48.0 Å². The van der Waals surface area contributed by atoms with Crippen LogP contribution in [0, 0.1) is 0 Å². The van der Waals surface area contributed by atoms with Crippen molar-refractivity contribution in [3.05, 3.63) is 98.3 Å². The highest BCUT2D eigenvalue weighted by atomic mass is 35.5. The molecule has 1 aromatic heterocycles.